The van der Waals surface area contributed by atoms with E-state index >= 15 is 0 Å². The molecule has 0 fully saturated rings. The Balaban J connectivity index is 1.88. The third-order valence-corrected chi connectivity index (χ3v) is 4.44. The van der Waals surface area contributed by atoms with Gasteiger partial charge in [-0.2, -0.15) is 0 Å². The molecule has 3 N–H and O–H groups in total. The SMILES string of the molecule is CC[C@@H]([NH2+]CC(=O)Nc1ccc(C(=O)OC)cc1)c1ccc(Br)cc1. The van der Waals surface area contributed by atoms with Crippen molar-refractivity contribution in [3.63, 3.8) is 0 Å². The van der Waals surface area contributed by atoms with Crippen LogP contribution in [0.5, 0.6) is 0 Å². The van der Waals surface area contributed by atoms with E-state index in [1.807, 2.05) is 17.4 Å². The van der Waals surface area contributed by atoms with Crippen molar-refractivity contribution in [2.75, 3.05) is 19.0 Å². The van der Waals surface area contributed by atoms with E-state index in [1.165, 1.54) is 12.7 Å². The lowest BCUT2D eigenvalue weighted by atomic mass is 10.0. The highest BCUT2D eigenvalue weighted by Crippen LogP contribution is 2.16. The Morgan fingerprint density at radius 2 is 1.76 bits per heavy atom. The van der Waals surface area contributed by atoms with Gasteiger partial charge in [-0.3, -0.25) is 4.79 Å². The van der Waals surface area contributed by atoms with Crippen LogP contribution >= 0.6 is 15.9 Å². The first kappa shape index (κ1) is 19.1. The van der Waals surface area contributed by atoms with Crippen LogP contribution in [0.4, 0.5) is 5.69 Å². The Bertz CT molecular complexity index is 714. The number of anilines is 1. The fourth-order valence-corrected chi connectivity index (χ4v) is 2.78. The Hall–Kier alpha value is -2.18. The summed E-state index contributed by atoms with van der Waals surface area (Å²) in [5.74, 6) is -0.479. The second-order valence-electron chi connectivity index (χ2n) is 5.62. The molecule has 132 valence electrons. The fraction of sp³-hybridized carbons (Fsp3) is 0.263. The Morgan fingerprint density at radius 3 is 2.32 bits per heavy atom. The van der Waals surface area contributed by atoms with E-state index < -0.39 is 5.97 Å². The Labute approximate surface area is 155 Å². The van der Waals surface area contributed by atoms with Gasteiger partial charge in [0.15, 0.2) is 6.54 Å². The van der Waals surface area contributed by atoms with Crippen molar-refractivity contribution in [1.29, 1.82) is 0 Å². The maximum atomic E-state index is 12.2. The van der Waals surface area contributed by atoms with E-state index in [0.717, 1.165) is 10.9 Å². The van der Waals surface area contributed by atoms with Crippen LogP contribution in [0.25, 0.3) is 0 Å². The van der Waals surface area contributed by atoms with Crippen molar-refractivity contribution in [2.45, 2.75) is 19.4 Å². The van der Waals surface area contributed by atoms with Crippen LogP contribution < -0.4 is 10.6 Å². The van der Waals surface area contributed by atoms with Crippen molar-refractivity contribution in [1.82, 2.24) is 0 Å². The van der Waals surface area contributed by atoms with Crippen molar-refractivity contribution in [2.24, 2.45) is 0 Å². The minimum atomic E-state index is -0.397. The molecule has 0 saturated heterocycles. The number of hydrogen-bond acceptors (Lipinski definition) is 3. The summed E-state index contributed by atoms with van der Waals surface area (Å²) in [4.78, 5) is 23.5. The topological polar surface area (TPSA) is 72.0 Å². The predicted molar refractivity (Wildman–Crippen MR) is 100 cm³/mol. The second-order valence-corrected chi connectivity index (χ2v) is 6.54. The van der Waals surface area contributed by atoms with Gasteiger partial charge in [-0.05, 0) is 36.4 Å². The number of hydrogen-bond donors (Lipinski definition) is 2. The lowest BCUT2D eigenvalue weighted by Crippen LogP contribution is -2.87. The van der Waals surface area contributed by atoms with Crippen LogP contribution in [-0.2, 0) is 9.53 Å². The molecule has 0 bridgehead atoms. The third kappa shape index (κ3) is 5.69. The number of amides is 1. The minimum absolute atomic E-state index is 0.0821. The highest BCUT2D eigenvalue weighted by atomic mass is 79.9. The van der Waals surface area contributed by atoms with Crippen molar-refractivity contribution in [3.05, 3.63) is 64.1 Å². The smallest absolute Gasteiger partial charge is 0.337 e. The average Bonchev–Trinajstić information content (AvgIpc) is 2.63. The normalized spacial score (nSPS) is 11.6. The molecule has 2 aromatic carbocycles. The molecular weight excluding hydrogens is 384 g/mol. The molecule has 0 spiro atoms. The van der Waals surface area contributed by atoms with E-state index in [2.05, 4.69) is 45.0 Å². The number of benzene rings is 2. The molecule has 1 atom stereocenters. The van der Waals surface area contributed by atoms with Gasteiger partial charge in [0, 0.05) is 22.1 Å². The van der Waals surface area contributed by atoms with E-state index in [-0.39, 0.29) is 11.9 Å². The standard InChI is InChI=1S/C19H21BrN2O3/c1-3-17(13-4-8-15(20)9-5-13)21-12-18(23)22-16-10-6-14(7-11-16)19(24)25-2/h4-11,17,21H,3,12H2,1-2H3,(H,22,23)/p+1/t17-/m1/s1. The molecule has 1 amide bonds. The molecular formula is C19H22BrN2O3+. The van der Waals surface area contributed by atoms with Gasteiger partial charge >= 0.3 is 5.97 Å². The first-order valence-electron chi connectivity index (χ1n) is 8.10. The number of nitrogens with two attached hydrogens (primary N) is 1. The van der Waals surface area contributed by atoms with Gasteiger partial charge in [-0.15, -0.1) is 0 Å². The number of ether oxygens (including phenoxy) is 1. The summed E-state index contributed by atoms with van der Waals surface area (Å²) in [6, 6.07) is 15.0. The third-order valence-electron chi connectivity index (χ3n) is 3.92. The summed E-state index contributed by atoms with van der Waals surface area (Å²) in [5.41, 5.74) is 2.30. The molecule has 0 saturated carbocycles. The number of halogens is 1. The van der Waals surface area contributed by atoms with E-state index in [1.54, 1.807) is 24.3 Å². The Kier molecular flexibility index (Phi) is 7.16. The highest BCUT2D eigenvalue weighted by Gasteiger charge is 2.15. The number of carbonyl (C=O) groups is 2. The second kappa shape index (κ2) is 9.34. The van der Waals surface area contributed by atoms with Crippen molar-refractivity contribution in [3.8, 4) is 0 Å². The zero-order chi connectivity index (χ0) is 18.2. The minimum Gasteiger partial charge on any atom is -0.465 e. The number of methoxy groups -OCH3 is 1. The molecule has 5 nitrogen and oxygen atoms in total. The molecule has 25 heavy (non-hydrogen) atoms. The van der Waals surface area contributed by atoms with Crippen LogP contribution in [0.1, 0.15) is 35.3 Å². The molecule has 6 heteroatoms. The quantitative estimate of drug-likeness (QED) is 0.695. The van der Waals surface area contributed by atoms with Crippen LogP contribution in [0.3, 0.4) is 0 Å². The van der Waals surface area contributed by atoms with Gasteiger partial charge in [0.25, 0.3) is 5.91 Å². The number of carbonyl (C=O) groups excluding carboxylic acids is 2. The molecule has 0 unspecified atom stereocenters. The first-order chi connectivity index (χ1) is 12.0. The van der Waals surface area contributed by atoms with Gasteiger partial charge in [0.05, 0.1) is 12.7 Å². The van der Waals surface area contributed by atoms with Crippen LogP contribution in [0, 0.1) is 0 Å². The summed E-state index contributed by atoms with van der Waals surface area (Å²) in [5, 5.41) is 4.87. The zero-order valence-corrected chi connectivity index (χ0v) is 15.9. The molecule has 0 aliphatic carbocycles. The van der Waals surface area contributed by atoms with Crippen LogP contribution in [-0.4, -0.2) is 25.5 Å². The molecule has 0 aliphatic rings. The number of rotatable bonds is 7. The van der Waals surface area contributed by atoms with Crippen molar-refractivity contribution >= 4 is 33.5 Å². The lowest BCUT2D eigenvalue weighted by molar-refractivity contribution is -0.686. The first-order valence-corrected chi connectivity index (χ1v) is 8.89. The summed E-state index contributed by atoms with van der Waals surface area (Å²) in [6.45, 7) is 2.43. The lowest BCUT2D eigenvalue weighted by Gasteiger charge is -2.14. The maximum Gasteiger partial charge on any atom is 0.337 e. The summed E-state index contributed by atoms with van der Waals surface area (Å²) >= 11 is 3.43. The predicted octanol–water partition coefficient (Wildman–Crippen LogP) is 2.89. The van der Waals surface area contributed by atoms with E-state index in [0.29, 0.717) is 17.8 Å². The van der Waals surface area contributed by atoms with Crippen molar-refractivity contribution < 1.29 is 19.6 Å². The van der Waals surface area contributed by atoms with Gasteiger partial charge < -0.3 is 15.4 Å². The number of nitrogens with one attached hydrogen (secondary N) is 1. The monoisotopic (exact) mass is 405 g/mol. The summed E-state index contributed by atoms with van der Waals surface area (Å²) in [7, 11) is 1.34. The highest BCUT2D eigenvalue weighted by molar-refractivity contribution is 9.10. The van der Waals surface area contributed by atoms with Gasteiger partial charge in [-0.1, -0.05) is 35.0 Å². The maximum absolute atomic E-state index is 12.2. The molecule has 0 aromatic heterocycles. The largest absolute Gasteiger partial charge is 0.465 e. The number of esters is 1. The van der Waals surface area contributed by atoms with Gasteiger partial charge in [0.2, 0.25) is 0 Å². The molecule has 0 heterocycles. The van der Waals surface area contributed by atoms with Crippen LogP contribution in [0.15, 0.2) is 53.0 Å². The van der Waals surface area contributed by atoms with E-state index in [9.17, 15) is 9.59 Å². The number of quaternary nitrogens is 1. The average molecular weight is 406 g/mol. The molecule has 0 radical (unpaired) electrons. The molecule has 0 aliphatic heterocycles. The van der Waals surface area contributed by atoms with Gasteiger partial charge in [-0.25, -0.2) is 4.79 Å². The molecule has 2 aromatic rings. The van der Waals surface area contributed by atoms with E-state index in [4.69, 9.17) is 0 Å². The zero-order valence-electron chi connectivity index (χ0n) is 14.3. The Morgan fingerprint density at radius 1 is 1.12 bits per heavy atom. The fourth-order valence-electron chi connectivity index (χ4n) is 2.52. The molecule has 2 rings (SSSR count). The summed E-state index contributed by atoms with van der Waals surface area (Å²) in [6.07, 6.45) is 0.933. The van der Waals surface area contributed by atoms with Crippen LogP contribution in [0.2, 0.25) is 0 Å². The van der Waals surface area contributed by atoms with Gasteiger partial charge in [0.1, 0.15) is 6.04 Å². The summed E-state index contributed by atoms with van der Waals surface area (Å²) < 4.78 is 5.69.